The van der Waals surface area contributed by atoms with E-state index in [1.54, 1.807) is 19.2 Å². The molecule has 1 aliphatic heterocycles. The number of nitro groups is 1. The molecular formula is C21H24N5O4+. The van der Waals surface area contributed by atoms with Crippen LogP contribution in [0.4, 0.5) is 11.4 Å². The summed E-state index contributed by atoms with van der Waals surface area (Å²) in [5, 5.41) is 19.2. The second-order valence-corrected chi connectivity index (χ2v) is 7.31. The maximum absolute atomic E-state index is 10.8. The lowest BCUT2D eigenvalue weighted by Crippen LogP contribution is -3.14. The Balaban J connectivity index is 1.38. The third kappa shape index (κ3) is 4.11. The van der Waals surface area contributed by atoms with E-state index in [4.69, 9.17) is 9.15 Å². The zero-order valence-electron chi connectivity index (χ0n) is 16.9. The summed E-state index contributed by atoms with van der Waals surface area (Å²) in [6.45, 7) is 5.89. The normalized spacial score (nSPS) is 15.7. The van der Waals surface area contributed by atoms with Crippen LogP contribution in [0.3, 0.4) is 0 Å². The Hall–Kier alpha value is -3.46. The van der Waals surface area contributed by atoms with Crippen LogP contribution in [0.25, 0.3) is 11.5 Å². The van der Waals surface area contributed by atoms with Crippen LogP contribution in [0.5, 0.6) is 5.75 Å². The first kappa shape index (κ1) is 19.8. The van der Waals surface area contributed by atoms with Gasteiger partial charge < -0.3 is 19.0 Å². The topological polar surface area (TPSA) is 99.0 Å². The van der Waals surface area contributed by atoms with Gasteiger partial charge in [-0.05, 0) is 43.3 Å². The number of aromatic nitrogens is 2. The molecule has 0 amide bonds. The lowest BCUT2D eigenvalue weighted by atomic mass is 10.2. The molecule has 1 atom stereocenters. The largest absolute Gasteiger partial charge is 0.497 e. The second kappa shape index (κ2) is 8.50. The van der Waals surface area contributed by atoms with Crippen LogP contribution in [0.1, 0.15) is 18.9 Å². The standard InChI is InChI=1S/C21H23N5O4/c1-15(20-22-23-21(30-20)16-3-5-18(6-4-16)26(27)28)24-11-13-25(14-12-24)17-7-9-19(29-2)10-8-17/h3-10,15H,11-14H2,1-2H3/p+1/t15-/m1/s1. The van der Waals surface area contributed by atoms with Crippen LogP contribution in [0, 0.1) is 10.1 Å². The number of nitro benzene ring substituents is 1. The van der Waals surface area contributed by atoms with Crippen molar-refractivity contribution < 1.29 is 19.0 Å². The average molecular weight is 410 g/mol. The highest BCUT2D eigenvalue weighted by atomic mass is 16.6. The number of anilines is 1. The van der Waals surface area contributed by atoms with Gasteiger partial charge in [-0.25, -0.2) is 0 Å². The fourth-order valence-electron chi connectivity index (χ4n) is 3.70. The number of hydrogen-bond donors (Lipinski definition) is 1. The van der Waals surface area contributed by atoms with E-state index in [2.05, 4.69) is 34.2 Å². The zero-order valence-corrected chi connectivity index (χ0v) is 16.9. The molecule has 0 saturated carbocycles. The molecule has 2 heterocycles. The lowest BCUT2D eigenvalue weighted by molar-refractivity contribution is -0.931. The summed E-state index contributed by atoms with van der Waals surface area (Å²) in [7, 11) is 1.67. The smallest absolute Gasteiger partial charge is 0.274 e. The molecule has 2 aromatic carbocycles. The van der Waals surface area contributed by atoms with Crippen molar-refractivity contribution in [2.45, 2.75) is 13.0 Å². The number of non-ortho nitro benzene ring substituents is 1. The molecule has 1 fully saturated rings. The first-order valence-electron chi connectivity index (χ1n) is 9.87. The highest BCUT2D eigenvalue weighted by molar-refractivity contribution is 5.55. The number of nitrogens with zero attached hydrogens (tertiary/aromatic N) is 4. The van der Waals surface area contributed by atoms with Crippen LogP contribution >= 0.6 is 0 Å². The third-order valence-corrected chi connectivity index (χ3v) is 5.59. The Morgan fingerprint density at radius 2 is 1.77 bits per heavy atom. The van der Waals surface area contributed by atoms with Crippen molar-refractivity contribution in [2.75, 3.05) is 38.2 Å². The fraction of sp³-hybridized carbons (Fsp3) is 0.333. The number of quaternary nitrogens is 1. The molecule has 0 bridgehead atoms. The molecule has 1 saturated heterocycles. The minimum absolute atomic E-state index is 0.0334. The molecule has 156 valence electrons. The van der Waals surface area contributed by atoms with E-state index < -0.39 is 4.92 Å². The Kier molecular flexibility index (Phi) is 5.62. The molecule has 1 N–H and O–H groups in total. The number of ether oxygens (including phenoxy) is 1. The Morgan fingerprint density at radius 3 is 2.37 bits per heavy atom. The minimum atomic E-state index is -0.431. The molecule has 0 spiro atoms. The molecule has 3 aromatic rings. The first-order chi connectivity index (χ1) is 14.5. The maximum atomic E-state index is 10.8. The summed E-state index contributed by atoms with van der Waals surface area (Å²) < 4.78 is 11.1. The molecule has 4 rings (SSSR count). The molecule has 1 aromatic heterocycles. The SMILES string of the molecule is COc1ccc(N2CC[NH+]([C@H](C)c3nnc(-c4ccc([N+](=O)[O-])cc4)o3)CC2)cc1. The quantitative estimate of drug-likeness (QED) is 0.491. The van der Waals surface area contributed by atoms with Crippen molar-refractivity contribution in [3.8, 4) is 17.2 Å². The van der Waals surface area contributed by atoms with Gasteiger partial charge in [0.05, 0.1) is 38.2 Å². The van der Waals surface area contributed by atoms with Crippen molar-refractivity contribution in [3.63, 3.8) is 0 Å². The molecule has 9 heteroatoms. The molecule has 1 aliphatic rings. The van der Waals surface area contributed by atoms with Gasteiger partial charge in [0, 0.05) is 23.4 Å². The third-order valence-electron chi connectivity index (χ3n) is 5.59. The van der Waals surface area contributed by atoms with Crippen LogP contribution in [0.2, 0.25) is 0 Å². The summed E-state index contributed by atoms with van der Waals surface area (Å²) in [4.78, 5) is 14.1. The van der Waals surface area contributed by atoms with Crippen molar-refractivity contribution in [1.82, 2.24) is 10.2 Å². The van der Waals surface area contributed by atoms with Gasteiger partial charge in [-0.1, -0.05) is 0 Å². The van der Waals surface area contributed by atoms with Crippen LogP contribution in [-0.4, -0.2) is 48.4 Å². The predicted molar refractivity (Wildman–Crippen MR) is 111 cm³/mol. The number of nitrogens with one attached hydrogen (secondary N) is 1. The Morgan fingerprint density at radius 1 is 1.10 bits per heavy atom. The number of rotatable bonds is 6. The molecular weight excluding hydrogens is 386 g/mol. The van der Waals surface area contributed by atoms with Crippen molar-refractivity contribution >= 4 is 11.4 Å². The highest BCUT2D eigenvalue weighted by Crippen LogP contribution is 2.23. The van der Waals surface area contributed by atoms with E-state index in [1.165, 1.54) is 22.7 Å². The van der Waals surface area contributed by atoms with Gasteiger partial charge in [-0.3, -0.25) is 10.1 Å². The Labute approximate surface area is 174 Å². The number of benzene rings is 2. The van der Waals surface area contributed by atoms with Gasteiger partial charge in [0.15, 0.2) is 6.04 Å². The summed E-state index contributed by atoms with van der Waals surface area (Å²) in [6.07, 6.45) is 0. The molecule has 9 nitrogen and oxygen atoms in total. The maximum Gasteiger partial charge on any atom is 0.274 e. The Bertz CT molecular complexity index is 995. The van der Waals surface area contributed by atoms with Crippen LogP contribution in [0.15, 0.2) is 52.9 Å². The van der Waals surface area contributed by atoms with Crippen molar-refractivity contribution in [1.29, 1.82) is 0 Å². The van der Waals surface area contributed by atoms with Crippen molar-refractivity contribution in [3.05, 3.63) is 64.5 Å². The molecule has 0 radical (unpaired) electrons. The van der Waals surface area contributed by atoms with Crippen LogP contribution in [-0.2, 0) is 0 Å². The minimum Gasteiger partial charge on any atom is -0.497 e. The van der Waals surface area contributed by atoms with Gasteiger partial charge in [0.2, 0.25) is 5.89 Å². The van der Waals surface area contributed by atoms with E-state index in [-0.39, 0.29) is 11.7 Å². The molecule has 30 heavy (non-hydrogen) atoms. The summed E-state index contributed by atoms with van der Waals surface area (Å²) in [5.74, 6) is 1.82. The predicted octanol–water partition coefficient (Wildman–Crippen LogP) is 2.12. The van der Waals surface area contributed by atoms with Gasteiger partial charge in [-0.15, -0.1) is 10.2 Å². The number of methoxy groups -OCH3 is 1. The summed E-state index contributed by atoms with van der Waals surface area (Å²) in [6, 6.07) is 14.3. The summed E-state index contributed by atoms with van der Waals surface area (Å²) in [5.41, 5.74) is 1.90. The van der Waals surface area contributed by atoms with E-state index in [0.29, 0.717) is 17.3 Å². The van der Waals surface area contributed by atoms with Crippen LogP contribution < -0.4 is 14.5 Å². The average Bonchev–Trinajstić information content (AvgIpc) is 3.29. The van der Waals surface area contributed by atoms with E-state index >= 15 is 0 Å². The summed E-state index contributed by atoms with van der Waals surface area (Å²) >= 11 is 0. The van der Waals surface area contributed by atoms with Gasteiger partial charge >= 0.3 is 0 Å². The molecule has 0 unspecified atom stereocenters. The monoisotopic (exact) mass is 410 g/mol. The lowest BCUT2D eigenvalue weighted by Gasteiger charge is -2.35. The first-order valence-corrected chi connectivity index (χ1v) is 9.87. The van der Waals surface area contributed by atoms with Gasteiger partial charge in [0.1, 0.15) is 5.75 Å². The van der Waals surface area contributed by atoms with E-state index in [0.717, 1.165) is 31.9 Å². The number of hydrogen-bond acceptors (Lipinski definition) is 7. The van der Waals surface area contributed by atoms with E-state index in [1.807, 2.05) is 12.1 Å². The van der Waals surface area contributed by atoms with E-state index in [9.17, 15) is 10.1 Å². The fourth-order valence-corrected chi connectivity index (χ4v) is 3.70. The molecule has 0 aliphatic carbocycles. The zero-order chi connectivity index (χ0) is 21.1. The van der Waals surface area contributed by atoms with Gasteiger partial charge in [-0.2, -0.15) is 0 Å². The van der Waals surface area contributed by atoms with Crippen molar-refractivity contribution in [2.24, 2.45) is 0 Å². The second-order valence-electron chi connectivity index (χ2n) is 7.31. The highest BCUT2D eigenvalue weighted by Gasteiger charge is 2.29. The number of piperazine rings is 1. The van der Waals surface area contributed by atoms with Gasteiger partial charge in [0.25, 0.3) is 11.6 Å².